The minimum Gasteiger partial charge on any atom is -0.490 e. The van der Waals surface area contributed by atoms with Crippen molar-refractivity contribution in [2.75, 3.05) is 18.9 Å². The van der Waals surface area contributed by atoms with Crippen LogP contribution in [0.15, 0.2) is 18.2 Å². The SMILES string of the molecule is CC(C)(C)OCCOc1cc(N)ccc1Cl. The molecule has 2 N–H and O–H groups in total. The van der Waals surface area contributed by atoms with Crippen LogP contribution in [0.2, 0.25) is 5.02 Å². The van der Waals surface area contributed by atoms with Gasteiger partial charge < -0.3 is 15.2 Å². The van der Waals surface area contributed by atoms with Gasteiger partial charge in [-0.05, 0) is 32.9 Å². The molecule has 0 spiro atoms. The molecule has 0 aliphatic rings. The summed E-state index contributed by atoms with van der Waals surface area (Å²) in [5.74, 6) is 0.596. The van der Waals surface area contributed by atoms with E-state index in [4.69, 9.17) is 26.8 Å². The molecule has 4 heteroatoms. The molecule has 0 bridgehead atoms. The Morgan fingerprint density at radius 3 is 2.56 bits per heavy atom. The van der Waals surface area contributed by atoms with E-state index in [-0.39, 0.29) is 5.60 Å². The first-order chi connectivity index (χ1) is 7.38. The lowest BCUT2D eigenvalue weighted by atomic mass is 10.2. The summed E-state index contributed by atoms with van der Waals surface area (Å²) in [7, 11) is 0. The molecule has 0 atom stereocenters. The van der Waals surface area contributed by atoms with Gasteiger partial charge in [0.05, 0.1) is 17.2 Å². The lowest BCUT2D eigenvalue weighted by molar-refractivity contribution is -0.0162. The molecule has 90 valence electrons. The third-order valence-corrected chi connectivity index (χ3v) is 2.14. The van der Waals surface area contributed by atoms with Crippen molar-refractivity contribution in [3.05, 3.63) is 23.2 Å². The molecule has 0 saturated carbocycles. The van der Waals surface area contributed by atoms with Gasteiger partial charge in [-0.3, -0.25) is 0 Å². The summed E-state index contributed by atoms with van der Waals surface area (Å²) >= 11 is 5.94. The van der Waals surface area contributed by atoms with E-state index in [2.05, 4.69) is 0 Å². The first-order valence-corrected chi connectivity index (χ1v) is 5.58. The second kappa shape index (κ2) is 5.41. The summed E-state index contributed by atoms with van der Waals surface area (Å²) in [5.41, 5.74) is 6.12. The van der Waals surface area contributed by atoms with Gasteiger partial charge in [0.1, 0.15) is 12.4 Å². The van der Waals surface area contributed by atoms with Crippen LogP contribution in [-0.4, -0.2) is 18.8 Å². The number of halogens is 1. The summed E-state index contributed by atoms with van der Waals surface area (Å²) in [6.45, 7) is 6.98. The highest BCUT2D eigenvalue weighted by Crippen LogP contribution is 2.26. The van der Waals surface area contributed by atoms with E-state index in [1.165, 1.54) is 0 Å². The molecule has 0 aromatic heterocycles. The number of hydrogen-bond donors (Lipinski definition) is 1. The molecule has 16 heavy (non-hydrogen) atoms. The number of rotatable bonds is 4. The highest BCUT2D eigenvalue weighted by atomic mass is 35.5. The van der Waals surface area contributed by atoms with Gasteiger partial charge in [0.25, 0.3) is 0 Å². The molecule has 0 aliphatic carbocycles. The van der Waals surface area contributed by atoms with Gasteiger partial charge in [-0.1, -0.05) is 11.6 Å². The average molecular weight is 244 g/mol. The Morgan fingerprint density at radius 2 is 1.94 bits per heavy atom. The topological polar surface area (TPSA) is 44.5 Å². The van der Waals surface area contributed by atoms with Crippen molar-refractivity contribution in [2.45, 2.75) is 26.4 Å². The zero-order valence-electron chi connectivity index (χ0n) is 9.92. The molecule has 3 nitrogen and oxygen atoms in total. The zero-order chi connectivity index (χ0) is 12.2. The Kier molecular flexibility index (Phi) is 4.44. The molecule has 0 aliphatic heterocycles. The monoisotopic (exact) mass is 243 g/mol. The third kappa shape index (κ3) is 4.73. The highest BCUT2D eigenvalue weighted by Gasteiger charge is 2.09. The number of nitrogens with two attached hydrogens (primary N) is 1. The summed E-state index contributed by atoms with van der Waals surface area (Å²) in [6, 6.07) is 5.16. The Bertz CT molecular complexity index is 347. The molecular weight excluding hydrogens is 226 g/mol. The lowest BCUT2D eigenvalue weighted by Gasteiger charge is -2.19. The molecular formula is C12H18ClNO2. The molecule has 0 saturated heterocycles. The number of benzene rings is 1. The van der Waals surface area contributed by atoms with E-state index in [0.717, 1.165) is 0 Å². The van der Waals surface area contributed by atoms with Crippen molar-refractivity contribution in [1.29, 1.82) is 0 Å². The molecule has 0 amide bonds. The van der Waals surface area contributed by atoms with Gasteiger partial charge in [-0.2, -0.15) is 0 Å². The maximum atomic E-state index is 5.94. The second-order valence-corrected chi connectivity index (χ2v) is 4.91. The molecule has 1 aromatic rings. The maximum absolute atomic E-state index is 5.94. The molecule has 0 fully saturated rings. The van der Waals surface area contributed by atoms with E-state index in [1.54, 1.807) is 18.2 Å². The first kappa shape index (κ1) is 13.1. The maximum Gasteiger partial charge on any atom is 0.140 e. The van der Waals surface area contributed by atoms with Crippen molar-refractivity contribution in [2.24, 2.45) is 0 Å². The van der Waals surface area contributed by atoms with Crippen LogP contribution in [-0.2, 0) is 4.74 Å². The van der Waals surface area contributed by atoms with Gasteiger partial charge in [0.2, 0.25) is 0 Å². The molecule has 0 unspecified atom stereocenters. The standard InChI is InChI=1S/C12H18ClNO2/c1-12(2,3)16-7-6-15-11-8-9(14)4-5-10(11)13/h4-5,8H,6-7,14H2,1-3H3. The quantitative estimate of drug-likeness (QED) is 0.653. The van der Waals surface area contributed by atoms with Gasteiger partial charge >= 0.3 is 0 Å². The minimum absolute atomic E-state index is 0.150. The van der Waals surface area contributed by atoms with Crippen molar-refractivity contribution in [3.8, 4) is 5.75 Å². The summed E-state index contributed by atoms with van der Waals surface area (Å²) < 4.78 is 11.0. The Morgan fingerprint density at radius 1 is 1.25 bits per heavy atom. The summed E-state index contributed by atoms with van der Waals surface area (Å²) in [6.07, 6.45) is 0. The second-order valence-electron chi connectivity index (χ2n) is 4.50. The van der Waals surface area contributed by atoms with Crippen molar-refractivity contribution in [1.82, 2.24) is 0 Å². The molecule has 1 rings (SSSR count). The number of ether oxygens (including phenoxy) is 2. The van der Waals surface area contributed by atoms with Crippen LogP contribution in [0, 0.1) is 0 Å². The third-order valence-electron chi connectivity index (χ3n) is 1.83. The normalized spacial score (nSPS) is 11.5. The smallest absolute Gasteiger partial charge is 0.140 e. The number of hydrogen-bond acceptors (Lipinski definition) is 3. The predicted octanol–water partition coefficient (Wildman–Crippen LogP) is 3.12. The fraction of sp³-hybridized carbons (Fsp3) is 0.500. The van der Waals surface area contributed by atoms with Crippen molar-refractivity contribution >= 4 is 17.3 Å². The van der Waals surface area contributed by atoms with Gasteiger partial charge in [0, 0.05) is 11.8 Å². The van der Waals surface area contributed by atoms with Gasteiger partial charge in [-0.15, -0.1) is 0 Å². The van der Waals surface area contributed by atoms with Crippen LogP contribution in [0.4, 0.5) is 5.69 Å². The Labute approximate surface area is 101 Å². The minimum atomic E-state index is -0.150. The molecule has 0 radical (unpaired) electrons. The van der Waals surface area contributed by atoms with Crippen molar-refractivity contribution < 1.29 is 9.47 Å². The van der Waals surface area contributed by atoms with Crippen LogP contribution in [0.5, 0.6) is 5.75 Å². The summed E-state index contributed by atoms with van der Waals surface area (Å²) in [5, 5.41) is 0.560. The van der Waals surface area contributed by atoms with Gasteiger partial charge in [-0.25, -0.2) is 0 Å². The Hall–Kier alpha value is -0.930. The van der Waals surface area contributed by atoms with E-state index in [1.807, 2.05) is 20.8 Å². The van der Waals surface area contributed by atoms with E-state index >= 15 is 0 Å². The first-order valence-electron chi connectivity index (χ1n) is 5.20. The van der Waals surface area contributed by atoms with E-state index < -0.39 is 0 Å². The van der Waals surface area contributed by atoms with Crippen LogP contribution in [0.25, 0.3) is 0 Å². The van der Waals surface area contributed by atoms with Crippen molar-refractivity contribution in [3.63, 3.8) is 0 Å². The number of nitrogen functional groups attached to an aromatic ring is 1. The Balaban J connectivity index is 2.40. The lowest BCUT2D eigenvalue weighted by Crippen LogP contribution is -2.22. The van der Waals surface area contributed by atoms with Crippen LogP contribution >= 0.6 is 11.6 Å². The molecule has 1 aromatic carbocycles. The highest BCUT2D eigenvalue weighted by molar-refractivity contribution is 6.32. The van der Waals surface area contributed by atoms with E-state index in [0.29, 0.717) is 29.7 Å². The fourth-order valence-electron chi connectivity index (χ4n) is 1.13. The predicted molar refractivity (Wildman–Crippen MR) is 67.1 cm³/mol. The zero-order valence-corrected chi connectivity index (χ0v) is 10.7. The number of anilines is 1. The summed E-state index contributed by atoms with van der Waals surface area (Å²) in [4.78, 5) is 0. The van der Waals surface area contributed by atoms with Crippen LogP contribution in [0.3, 0.4) is 0 Å². The van der Waals surface area contributed by atoms with Crippen LogP contribution < -0.4 is 10.5 Å². The average Bonchev–Trinajstić information content (AvgIpc) is 2.16. The van der Waals surface area contributed by atoms with E-state index in [9.17, 15) is 0 Å². The fourth-order valence-corrected chi connectivity index (χ4v) is 1.30. The van der Waals surface area contributed by atoms with Gasteiger partial charge in [0.15, 0.2) is 0 Å². The largest absolute Gasteiger partial charge is 0.490 e. The molecule has 0 heterocycles. The van der Waals surface area contributed by atoms with Crippen LogP contribution in [0.1, 0.15) is 20.8 Å².